The Labute approximate surface area is 123 Å². The van der Waals surface area contributed by atoms with Gasteiger partial charge in [0.25, 0.3) is 5.56 Å². The van der Waals surface area contributed by atoms with Crippen molar-refractivity contribution < 1.29 is 0 Å². The molecule has 1 heterocycles. The number of hydrogen-bond acceptors (Lipinski definition) is 3. The van der Waals surface area contributed by atoms with Crippen LogP contribution in [0.3, 0.4) is 0 Å². The molecule has 0 aliphatic heterocycles. The summed E-state index contributed by atoms with van der Waals surface area (Å²) in [6.07, 6.45) is 0.585. The van der Waals surface area contributed by atoms with E-state index in [1.54, 1.807) is 0 Å². The van der Waals surface area contributed by atoms with Gasteiger partial charge < -0.3 is 10.3 Å². The molecule has 106 valence electrons. The third-order valence-electron chi connectivity index (χ3n) is 2.82. The van der Waals surface area contributed by atoms with E-state index in [1.165, 1.54) is 6.07 Å². The Morgan fingerprint density at radius 2 is 2.00 bits per heavy atom. The van der Waals surface area contributed by atoms with Gasteiger partial charge in [-0.15, -0.1) is 0 Å². The summed E-state index contributed by atoms with van der Waals surface area (Å²) in [6, 6.07) is 9.41. The highest BCUT2D eigenvalue weighted by Crippen LogP contribution is 2.11. The van der Waals surface area contributed by atoms with E-state index in [2.05, 4.69) is 29.1 Å². The highest BCUT2D eigenvalue weighted by molar-refractivity contribution is 6.30. The second-order valence-corrected chi connectivity index (χ2v) is 5.46. The second kappa shape index (κ2) is 6.68. The molecule has 1 aromatic heterocycles. The van der Waals surface area contributed by atoms with Crippen molar-refractivity contribution in [1.82, 2.24) is 15.3 Å². The molecule has 0 saturated heterocycles. The molecule has 20 heavy (non-hydrogen) atoms. The first-order valence-electron chi connectivity index (χ1n) is 6.60. The third kappa shape index (κ3) is 4.47. The van der Waals surface area contributed by atoms with Gasteiger partial charge in [-0.1, -0.05) is 37.6 Å². The summed E-state index contributed by atoms with van der Waals surface area (Å²) >= 11 is 5.85. The van der Waals surface area contributed by atoms with Crippen LogP contribution in [0.2, 0.25) is 5.02 Å². The Kier molecular flexibility index (Phi) is 4.93. The van der Waals surface area contributed by atoms with Gasteiger partial charge in [-0.3, -0.25) is 4.79 Å². The molecule has 2 rings (SSSR count). The van der Waals surface area contributed by atoms with Crippen LogP contribution in [0.15, 0.2) is 35.1 Å². The quantitative estimate of drug-likeness (QED) is 0.890. The largest absolute Gasteiger partial charge is 0.310 e. The molecule has 0 spiro atoms. The Balaban J connectivity index is 2.15. The Hall–Kier alpha value is -1.65. The van der Waals surface area contributed by atoms with Crippen molar-refractivity contribution in [1.29, 1.82) is 0 Å². The highest BCUT2D eigenvalue weighted by Gasteiger charge is 2.04. The van der Waals surface area contributed by atoms with Crippen LogP contribution in [0.25, 0.3) is 0 Å². The van der Waals surface area contributed by atoms with Crippen molar-refractivity contribution in [2.45, 2.75) is 32.9 Å². The molecule has 1 aromatic carbocycles. The van der Waals surface area contributed by atoms with Gasteiger partial charge >= 0.3 is 0 Å². The van der Waals surface area contributed by atoms with Crippen molar-refractivity contribution in [2.24, 2.45) is 0 Å². The number of benzene rings is 1. The standard InChI is InChI=1S/C15H18ClN3O/c1-10(2)17-9-13-8-15(20)19-14(18-13)7-11-3-5-12(16)6-4-11/h3-6,8,10,17H,7,9H2,1-2H3,(H,18,19,20). The zero-order valence-corrected chi connectivity index (χ0v) is 12.4. The van der Waals surface area contributed by atoms with Crippen molar-refractivity contribution in [3.05, 3.63) is 62.8 Å². The second-order valence-electron chi connectivity index (χ2n) is 5.02. The van der Waals surface area contributed by atoms with Crippen molar-refractivity contribution in [2.75, 3.05) is 0 Å². The minimum absolute atomic E-state index is 0.121. The lowest BCUT2D eigenvalue weighted by Gasteiger charge is -2.08. The normalized spacial score (nSPS) is 11.0. The molecular formula is C15H18ClN3O. The van der Waals surface area contributed by atoms with E-state index in [0.717, 1.165) is 11.3 Å². The fourth-order valence-corrected chi connectivity index (χ4v) is 1.97. The van der Waals surface area contributed by atoms with Gasteiger partial charge in [0.1, 0.15) is 5.82 Å². The first-order chi connectivity index (χ1) is 9.52. The average molecular weight is 292 g/mol. The molecule has 4 nitrogen and oxygen atoms in total. The van der Waals surface area contributed by atoms with Gasteiger partial charge in [0.15, 0.2) is 0 Å². The monoisotopic (exact) mass is 291 g/mol. The van der Waals surface area contributed by atoms with Gasteiger partial charge in [0, 0.05) is 30.1 Å². The van der Waals surface area contributed by atoms with E-state index >= 15 is 0 Å². The average Bonchev–Trinajstić information content (AvgIpc) is 2.38. The summed E-state index contributed by atoms with van der Waals surface area (Å²) in [6.45, 7) is 4.71. The number of H-pyrrole nitrogens is 1. The predicted molar refractivity (Wildman–Crippen MR) is 81.1 cm³/mol. The number of nitrogens with zero attached hydrogens (tertiary/aromatic N) is 1. The summed E-state index contributed by atoms with van der Waals surface area (Å²) in [5.74, 6) is 0.667. The van der Waals surface area contributed by atoms with Crippen molar-refractivity contribution >= 4 is 11.6 Å². The molecule has 0 radical (unpaired) electrons. The van der Waals surface area contributed by atoms with E-state index in [4.69, 9.17) is 11.6 Å². The van der Waals surface area contributed by atoms with Gasteiger partial charge in [-0.25, -0.2) is 4.98 Å². The molecule has 0 fully saturated rings. The number of hydrogen-bond donors (Lipinski definition) is 2. The number of rotatable bonds is 5. The highest BCUT2D eigenvalue weighted by atomic mass is 35.5. The van der Waals surface area contributed by atoms with Gasteiger partial charge in [0.2, 0.25) is 0 Å². The lowest BCUT2D eigenvalue weighted by molar-refractivity contribution is 0.578. The minimum atomic E-state index is -0.121. The Bertz CT molecular complexity index is 620. The van der Waals surface area contributed by atoms with E-state index in [-0.39, 0.29) is 5.56 Å². The molecule has 5 heteroatoms. The minimum Gasteiger partial charge on any atom is -0.310 e. The van der Waals surface area contributed by atoms with Crippen LogP contribution in [0.4, 0.5) is 0 Å². The molecule has 0 amide bonds. The van der Waals surface area contributed by atoms with Crippen LogP contribution in [-0.4, -0.2) is 16.0 Å². The van der Waals surface area contributed by atoms with Gasteiger partial charge in [-0.05, 0) is 17.7 Å². The van der Waals surface area contributed by atoms with Crippen LogP contribution in [0.5, 0.6) is 0 Å². The van der Waals surface area contributed by atoms with Crippen LogP contribution in [-0.2, 0) is 13.0 Å². The lowest BCUT2D eigenvalue weighted by Crippen LogP contribution is -2.24. The first-order valence-corrected chi connectivity index (χ1v) is 6.97. The number of halogens is 1. The Morgan fingerprint density at radius 3 is 2.65 bits per heavy atom. The fraction of sp³-hybridized carbons (Fsp3) is 0.333. The van der Waals surface area contributed by atoms with E-state index in [1.807, 2.05) is 24.3 Å². The summed E-state index contributed by atoms with van der Waals surface area (Å²) in [4.78, 5) is 18.9. The van der Waals surface area contributed by atoms with Crippen LogP contribution in [0, 0.1) is 0 Å². The maximum Gasteiger partial charge on any atom is 0.251 e. The Morgan fingerprint density at radius 1 is 1.30 bits per heavy atom. The zero-order chi connectivity index (χ0) is 14.5. The summed E-state index contributed by atoms with van der Waals surface area (Å²) in [7, 11) is 0. The van der Waals surface area contributed by atoms with Gasteiger partial charge in [0.05, 0.1) is 5.69 Å². The van der Waals surface area contributed by atoms with Crippen LogP contribution >= 0.6 is 11.6 Å². The van der Waals surface area contributed by atoms with E-state index in [9.17, 15) is 4.79 Å². The smallest absolute Gasteiger partial charge is 0.251 e. The molecule has 0 saturated carbocycles. The summed E-state index contributed by atoms with van der Waals surface area (Å²) in [5, 5.41) is 3.95. The molecule has 2 N–H and O–H groups in total. The summed E-state index contributed by atoms with van der Waals surface area (Å²) in [5.41, 5.74) is 1.70. The maximum absolute atomic E-state index is 11.7. The van der Waals surface area contributed by atoms with Crippen molar-refractivity contribution in [3.8, 4) is 0 Å². The fourth-order valence-electron chi connectivity index (χ4n) is 1.84. The SMILES string of the molecule is CC(C)NCc1cc(=O)[nH]c(Cc2ccc(Cl)cc2)n1. The molecule has 0 aliphatic carbocycles. The van der Waals surface area contributed by atoms with E-state index < -0.39 is 0 Å². The number of aromatic nitrogens is 2. The molecule has 2 aromatic rings. The topological polar surface area (TPSA) is 57.8 Å². The predicted octanol–water partition coefficient (Wildman–Crippen LogP) is 2.51. The van der Waals surface area contributed by atoms with Crippen LogP contribution in [0.1, 0.15) is 30.9 Å². The number of nitrogens with one attached hydrogen (secondary N) is 2. The van der Waals surface area contributed by atoms with Gasteiger partial charge in [-0.2, -0.15) is 0 Å². The maximum atomic E-state index is 11.7. The van der Waals surface area contributed by atoms with Crippen molar-refractivity contribution in [3.63, 3.8) is 0 Å². The molecular weight excluding hydrogens is 274 g/mol. The third-order valence-corrected chi connectivity index (χ3v) is 3.07. The molecule has 0 unspecified atom stereocenters. The molecule has 0 aliphatic rings. The van der Waals surface area contributed by atoms with Crippen LogP contribution < -0.4 is 10.9 Å². The molecule has 0 bridgehead atoms. The first kappa shape index (κ1) is 14.8. The van der Waals surface area contributed by atoms with E-state index in [0.29, 0.717) is 29.9 Å². The summed E-state index contributed by atoms with van der Waals surface area (Å²) < 4.78 is 0. The molecule has 0 atom stereocenters. The zero-order valence-electron chi connectivity index (χ0n) is 11.6. The lowest BCUT2D eigenvalue weighted by atomic mass is 10.1. The number of aromatic amines is 1.